The van der Waals surface area contributed by atoms with Crippen LogP contribution in [0.3, 0.4) is 0 Å². The Bertz CT molecular complexity index is 2340. The van der Waals surface area contributed by atoms with Crippen LogP contribution in [0.15, 0.2) is 61.2 Å². The van der Waals surface area contributed by atoms with Crippen LogP contribution in [0.1, 0.15) is 70.3 Å². The summed E-state index contributed by atoms with van der Waals surface area (Å²) >= 11 is 11.7. The van der Waals surface area contributed by atoms with Crippen molar-refractivity contribution in [3.8, 4) is 0 Å². The van der Waals surface area contributed by atoms with Crippen LogP contribution in [-0.4, -0.2) is 70.2 Å². The third kappa shape index (κ3) is 10.9. The number of alkyl halides is 6. The van der Waals surface area contributed by atoms with Gasteiger partial charge in [0, 0.05) is 75.2 Å². The lowest BCUT2D eigenvalue weighted by molar-refractivity contribution is -0.142. The second-order valence-corrected chi connectivity index (χ2v) is 12.4. The van der Waals surface area contributed by atoms with Crippen molar-refractivity contribution in [2.24, 2.45) is 0 Å². The Kier molecular flexibility index (Phi) is 13.9. The molecule has 0 aliphatic heterocycles. The number of anilines is 1. The SMILES string of the molecule is CO[C@@H](C)c1c(C(=O)O)cnc2cc(Cl)nn12.CO[C@@H](C)c1c(CC(=O)Cc2ccnc(C(F)(F)F)c2)cnc2cc(Cl)nn12.Nc1ccnc(C(F)(F)F)c1. The van der Waals surface area contributed by atoms with E-state index in [0.29, 0.717) is 28.2 Å². The number of hydrogen-bond donors (Lipinski definition) is 2. The Hall–Kier alpha value is -5.44. The molecular formula is C34H31Cl2F6N9O5. The first-order chi connectivity index (χ1) is 26.2. The molecule has 0 aliphatic carbocycles. The van der Waals surface area contributed by atoms with Gasteiger partial charge in [0.05, 0.1) is 23.6 Å². The number of Topliss-reactive ketones (excluding diaryl/α,β-unsaturated/α-hetero) is 1. The van der Waals surface area contributed by atoms with Gasteiger partial charge in [0.2, 0.25) is 0 Å². The van der Waals surface area contributed by atoms with Crippen LogP contribution in [0, 0.1) is 0 Å². The number of carbonyl (C=O) groups excluding carboxylic acids is 1. The molecule has 0 aromatic carbocycles. The summed E-state index contributed by atoms with van der Waals surface area (Å²) in [6, 6.07) is 7.49. The number of carbonyl (C=O) groups is 2. The first-order valence-corrected chi connectivity index (χ1v) is 16.7. The molecule has 2 atom stereocenters. The van der Waals surface area contributed by atoms with Gasteiger partial charge in [-0.25, -0.2) is 23.8 Å². The van der Waals surface area contributed by atoms with Gasteiger partial charge in [-0.1, -0.05) is 23.2 Å². The molecule has 6 heterocycles. The molecule has 56 heavy (non-hydrogen) atoms. The Morgan fingerprint density at radius 1 is 0.768 bits per heavy atom. The predicted octanol–water partition coefficient (Wildman–Crippen LogP) is 7.33. The van der Waals surface area contributed by atoms with Gasteiger partial charge in [-0.3, -0.25) is 14.8 Å². The van der Waals surface area contributed by atoms with Crippen molar-refractivity contribution in [1.82, 2.24) is 39.2 Å². The zero-order valence-electron chi connectivity index (χ0n) is 29.6. The fourth-order valence-corrected chi connectivity index (χ4v) is 5.42. The van der Waals surface area contributed by atoms with Crippen molar-refractivity contribution in [3.05, 3.63) is 111 Å². The van der Waals surface area contributed by atoms with Gasteiger partial charge in [-0.2, -0.15) is 36.5 Å². The molecule has 0 unspecified atom stereocenters. The summed E-state index contributed by atoms with van der Waals surface area (Å²) < 4.78 is 87.3. The highest BCUT2D eigenvalue weighted by atomic mass is 35.5. The number of ketones is 1. The minimum absolute atomic E-state index is 0.0346. The van der Waals surface area contributed by atoms with Crippen molar-refractivity contribution >= 4 is 51.9 Å². The van der Waals surface area contributed by atoms with E-state index in [1.165, 1.54) is 47.8 Å². The quantitative estimate of drug-likeness (QED) is 0.139. The van der Waals surface area contributed by atoms with E-state index in [1.807, 2.05) is 0 Å². The topological polar surface area (TPSA) is 185 Å². The maximum atomic E-state index is 12.8. The first-order valence-electron chi connectivity index (χ1n) is 15.9. The Morgan fingerprint density at radius 2 is 1.27 bits per heavy atom. The summed E-state index contributed by atoms with van der Waals surface area (Å²) in [5.74, 6) is -1.35. The van der Waals surface area contributed by atoms with Gasteiger partial charge in [0.25, 0.3) is 0 Å². The largest absolute Gasteiger partial charge is 0.478 e. The summed E-state index contributed by atoms with van der Waals surface area (Å²) in [6.45, 7) is 3.52. The number of ether oxygens (including phenoxy) is 2. The average molecular weight is 831 g/mol. The van der Waals surface area contributed by atoms with Crippen LogP contribution >= 0.6 is 23.2 Å². The maximum Gasteiger partial charge on any atom is 0.433 e. The molecule has 0 spiro atoms. The van der Waals surface area contributed by atoms with E-state index in [2.05, 4.69) is 30.1 Å². The van der Waals surface area contributed by atoms with E-state index in [0.717, 1.165) is 24.5 Å². The van der Waals surface area contributed by atoms with Gasteiger partial charge < -0.3 is 20.3 Å². The summed E-state index contributed by atoms with van der Waals surface area (Å²) in [4.78, 5) is 38.3. The van der Waals surface area contributed by atoms with Crippen molar-refractivity contribution in [1.29, 1.82) is 0 Å². The maximum absolute atomic E-state index is 12.8. The number of rotatable bonds is 9. The second kappa shape index (κ2) is 18.0. The van der Waals surface area contributed by atoms with E-state index >= 15 is 0 Å². The second-order valence-electron chi connectivity index (χ2n) is 11.7. The van der Waals surface area contributed by atoms with Crippen molar-refractivity contribution in [3.63, 3.8) is 0 Å². The molecule has 0 aliphatic rings. The molecule has 0 saturated carbocycles. The fraction of sp³-hybridized carbons (Fsp3) is 0.294. The number of nitrogens with zero attached hydrogens (tertiary/aromatic N) is 8. The highest BCUT2D eigenvalue weighted by molar-refractivity contribution is 6.30. The molecule has 0 fully saturated rings. The molecule has 6 rings (SSSR count). The average Bonchev–Trinajstić information content (AvgIpc) is 3.71. The lowest BCUT2D eigenvalue weighted by Crippen LogP contribution is -2.15. The van der Waals surface area contributed by atoms with E-state index < -0.39 is 41.9 Å². The van der Waals surface area contributed by atoms with E-state index in [-0.39, 0.29) is 45.7 Å². The van der Waals surface area contributed by atoms with Gasteiger partial charge in [0.1, 0.15) is 22.7 Å². The standard InChI is InChI=1S/C18H16ClF3N4O2.C10H10ClN3O3.C6H5F3N2/c1-10(28-2)17-12(9-24-16-8-15(19)25-26(16)17)7-13(27)5-11-3-4-23-14(6-11)18(20,21)22;1-5(17-2)9-6(10(15)16)4-12-8-3-7(11)13-14(8)9;7-6(8,9)5-3-4(10)1-2-11-5/h3-4,6,8-10H,5,7H2,1-2H3;3-5H,1-2H3,(H,15,16);1-3H,(H2,10,11)/t10-;5-;/m00./s1. The van der Waals surface area contributed by atoms with Gasteiger partial charge in [-0.05, 0) is 43.7 Å². The summed E-state index contributed by atoms with van der Waals surface area (Å²) in [6.07, 6.45) is -5.11. The monoisotopic (exact) mass is 829 g/mol. The van der Waals surface area contributed by atoms with Crippen LogP contribution in [-0.2, 0) is 39.5 Å². The number of hydrogen-bond acceptors (Lipinski definition) is 11. The van der Waals surface area contributed by atoms with Crippen LogP contribution < -0.4 is 5.73 Å². The molecule has 0 amide bonds. The molecular weight excluding hydrogens is 799 g/mol. The third-order valence-electron chi connectivity index (χ3n) is 7.75. The van der Waals surface area contributed by atoms with Gasteiger partial charge >= 0.3 is 18.3 Å². The fourth-order valence-electron chi connectivity index (χ4n) is 5.07. The van der Waals surface area contributed by atoms with Crippen molar-refractivity contribution in [2.75, 3.05) is 20.0 Å². The Labute approximate surface area is 323 Å². The van der Waals surface area contributed by atoms with Gasteiger partial charge in [0.15, 0.2) is 21.6 Å². The summed E-state index contributed by atoms with van der Waals surface area (Å²) in [5, 5.41) is 17.8. The van der Waals surface area contributed by atoms with E-state index in [4.69, 9.17) is 43.5 Å². The molecule has 3 N–H and O–H groups in total. The van der Waals surface area contributed by atoms with Gasteiger partial charge in [-0.15, -0.1) is 0 Å². The minimum atomic E-state index is -4.56. The number of aromatic nitrogens is 8. The molecule has 14 nitrogen and oxygen atoms in total. The summed E-state index contributed by atoms with van der Waals surface area (Å²) in [7, 11) is 3.01. The molecule has 0 saturated heterocycles. The molecule has 0 radical (unpaired) electrons. The minimum Gasteiger partial charge on any atom is -0.478 e. The first kappa shape index (κ1) is 43.3. The summed E-state index contributed by atoms with van der Waals surface area (Å²) in [5.41, 5.74) is 6.06. The van der Waals surface area contributed by atoms with E-state index in [1.54, 1.807) is 26.0 Å². The molecule has 0 bridgehead atoms. The number of nitrogens with two attached hydrogens (primary N) is 1. The number of aromatic carboxylic acids is 1. The van der Waals surface area contributed by atoms with Crippen LogP contribution in [0.25, 0.3) is 11.3 Å². The van der Waals surface area contributed by atoms with Crippen LogP contribution in [0.2, 0.25) is 10.3 Å². The van der Waals surface area contributed by atoms with Crippen molar-refractivity contribution < 1.29 is 50.5 Å². The number of methoxy groups -OCH3 is 2. The number of carboxylic acids is 1. The zero-order valence-corrected chi connectivity index (χ0v) is 31.1. The highest BCUT2D eigenvalue weighted by Crippen LogP contribution is 2.29. The third-order valence-corrected chi connectivity index (χ3v) is 8.12. The van der Waals surface area contributed by atoms with E-state index in [9.17, 15) is 35.9 Å². The molecule has 6 aromatic rings. The van der Waals surface area contributed by atoms with Crippen molar-refractivity contribution in [2.45, 2.75) is 51.2 Å². The number of pyridine rings is 2. The predicted molar refractivity (Wildman–Crippen MR) is 189 cm³/mol. The molecule has 22 heteroatoms. The Morgan fingerprint density at radius 3 is 1.77 bits per heavy atom. The number of nitrogen functional groups attached to an aromatic ring is 1. The van der Waals surface area contributed by atoms with Crippen LogP contribution in [0.5, 0.6) is 0 Å². The van der Waals surface area contributed by atoms with Crippen LogP contribution in [0.4, 0.5) is 32.0 Å². The highest BCUT2D eigenvalue weighted by Gasteiger charge is 2.33. The lowest BCUT2D eigenvalue weighted by atomic mass is 10.0. The lowest BCUT2D eigenvalue weighted by Gasteiger charge is -2.16. The zero-order chi connectivity index (χ0) is 41.5. The Balaban J connectivity index is 0.000000210. The number of carboxylic acid groups (broad SMARTS) is 1. The normalized spacial score (nSPS) is 12.7. The molecule has 6 aromatic heterocycles. The smallest absolute Gasteiger partial charge is 0.433 e. The number of fused-ring (bicyclic) bond motifs is 2. The molecule has 298 valence electrons. The number of halogens is 8.